The van der Waals surface area contributed by atoms with E-state index in [1.54, 1.807) is 18.2 Å². The van der Waals surface area contributed by atoms with Crippen molar-refractivity contribution in [3.8, 4) is 0 Å². The Hall–Kier alpha value is -2.56. The van der Waals surface area contributed by atoms with Gasteiger partial charge in [-0.2, -0.15) is 21.6 Å². The molecule has 1 aromatic carbocycles. The third kappa shape index (κ3) is 4.72. The highest BCUT2D eigenvalue weighted by molar-refractivity contribution is 7.87. The summed E-state index contributed by atoms with van der Waals surface area (Å²) in [5.74, 6) is -2.60. The summed E-state index contributed by atoms with van der Waals surface area (Å²) < 4.78 is 75.9. The smallest absolute Gasteiger partial charge is 0.463 e. The second-order valence-corrected chi connectivity index (χ2v) is 8.23. The normalized spacial score (nSPS) is 19.0. The van der Waals surface area contributed by atoms with E-state index < -0.39 is 50.4 Å². The van der Waals surface area contributed by atoms with Crippen molar-refractivity contribution >= 4 is 22.1 Å². The first-order valence-corrected chi connectivity index (χ1v) is 9.89. The SMILES string of the molecule is CCOC(=O)C1=C(OS(=O)(=O)C(F)(F)F)C(C)(C)[C@@H](OC(=O)c2ccccc2)C1. The number of carbonyl (C=O) groups is 2. The van der Waals surface area contributed by atoms with Crippen molar-refractivity contribution in [1.82, 2.24) is 0 Å². The van der Waals surface area contributed by atoms with Gasteiger partial charge >= 0.3 is 27.6 Å². The van der Waals surface area contributed by atoms with E-state index in [-0.39, 0.29) is 18.6 Å². The fraction of sp³-hybridized carbons (Fsp3) is 0.444. The Balaban J connectivity index is 2.39. The molecule has 1 atom stereocenters. The van der Waals surface area contributed by atoms with Gasteiger partial charge in [0.1, 0.15) is 11.9 Å². The molecule has 0 unspecified atom stereocenters. The first-order valence-electron chi connectivity index (χ1n) is 8.48. The Labute approximate surface area is 165 Å². The summed E-state index contributed by atoms with van der Waals surface area (Å²) in [7, 11) is -6.04. The monoisotopic (exact) mass is 436 g/mol. The number of ether oxygens (including phenoxy) is 2. The van der Waals surface area contributed by atoms with Gasteiger partial charge < -0.3 is 13.7 Å². The summed E-state index contributed by atoms with van der Waals surface area (Å²) in [4.78, 5) is 24.5. The number of esters is 2. The van der Waals surface area contributed by atoms with Crippen LogP contribution in [0.3, 0.4) is 0 Å². The highest BCUT2D eigenvalue weighted by Crippen LogP contribution is 2.47. The Morgan fingerprint density at radius 1 is 1.14 bits per heavy atom. The predicted octanol–water partition coefficient (Wildman–Crippen LogP) is 3.33. The van der Waals surface area contributed by atoms with Gasteiger partial charge in [-0.25, -0.2) is 9.59 Å². The average molecular weight is 436 g/mol. The van der Waals surface area contributed by atoms with Crippen molar-refractivity contribution < 1.29 is 44.8 Å². The van der Waals surface area contributed by atoms with E-state index >= 15 is 0 Å². The van der Waals surface area contributed by atoms with Crippen LogP contribution in [0.5, 0.6) is 0 Å². The van der Waals surface area contributed by atoms with Gasteiger partial charge in [0.2, 0.25) is 0 Å². The Morgan fingerprint density at radius 2 is 1.72 bits per heavy atom. The van der Waals surface area contributed by atoms with Crippen molar-refractivity contribution in [2.24, 2.45) is 5.41 Å². The minimum atomic E-state index is -6.04. The minimum Gasteiger partial charge on any atom is -0.463 e. The summed E-state index contributed by atoms with van der Waals surface area (Å²) >= 11 is 0. The van der Waals surface area contributed by atoms with Gasteiger partial charge in [-0.15, -0.1) is 0 Å². The predicted molar refractivity (Wildman–Crippen MR) is 93.8 cm³/mol. The molecule has 1 aromatic rings. The molecule has 160 valence electrons. The number of hydrogen-bond donors (Lipinski definition) is 0. The molecule has 0 fully saturated rings. The van der Waals surface area contributed by atoms with Crippen LogP contribution in [-0.4, -0.2) is 38.6 Å². The Kier molecular flexibility index (Phi) is 6.31. The molecule has 11 heteroatoms. The lowest BCUT2D eigenvalue weighted by Gasteiger charge is -2.29. The van der Waals surface area contributed by atoms with Crippen LogP contribution in [-0.2, 0) is 28.6 Å². The quantitative estimate of drug-likeness (QED) is 0.383. The lowest BCUT2D eigenvalue weighted by atomic mass is 9.88. The lowest BCUT2D eigenvalue weighted by molar-refractivity contribution is -0.138. The molecule has 0 saturated heterocycles. The number of hydrogen-bond acceptors (Lipinski definition) is 7. The molecule has 0 heterocycles. The van der Waals surface area contributed by atoms with E-state index in [9.17, 15) is 31.2 Å². The number of rotatable bonds is 6. The number of carbonyl (C=O) groups excluding carboxylic acids is 2. The molecule has 0 aliphatic heterocycles. The van der Waals surface area contributed by atoms with E-state index in [0.29, 0.717) is 0 Å². The molecule has 0 radical (unpaired) electrons. The van der Waals surface area contributed by atoms with Crippen LogP contribution in [0, 0.1) is 5.41 Å². The zero-order chi connectivity index (χ0) is 22.0. The number of alkyl halides is 3. The van der Waals surface area contributed by atoms with E-state index in [0.717, 1.165) is 0 Å². The molecule has 0 bridgehead atoms. The topological polar surface area (TPSA) is 96.0 Å². The molecule has 0 spiro atoms. The molecule has 0 N–H and O–H groups in total. The summed E-state index contributed by atoms with van der Waals surface area (Å²) in [5.41, 5.74) is -7.51. The average Bonchev–Trinajstić information content (AvgIpc) is 2.86. The largest absolute Gasteiger partial charge is 0.534 e. The van der Waals surface area contributed by atoms with E-state index in [1.165, 1.54) is 32.9 Å². The van der Waals surface area contributed by atoms with Gasteiger partial charge in [-0.1, -0.05) is 18.2 Å². The number of benzene rings is 1. The summed E-state index contributed by atoms with van der Waals surface area (Å²) in [6.45, 7) is 3.99. The molecule has 0 saturated carbocycles. The third-order valence-electron chi connectivity index (χ3n) is 4.31. The maximum absolute atomic E-state index is 12.8. The lowest BCUT2D eigenvalue weighted by Crippen LogP contribution is -2.34. The van der Waals surface area contributed by atoms with Crippen molar-refractivity contribution in [2.45, 2.75) is 38.8 Å². The molecule has 7 nitrogen and oxygen atoms in total. The van der Waals surface area contributed by atoms with Crippen LogP contribution in [0.1, 0.15) is 37.6 Å². The maximum atomic E-state index is 12.8. The molecule has 1 aliphatic carbocycles. The van der Waals surface area contributed by atoms with Crippen LogP contribution >= 0.6 is 0 Å². The molecule has 1 aliphatic rings. The van der Waals surface area contributed by atoms with Gasteiger partial charge in [0.05, 0.1) is 23.2 Å². The molecular formula is C18H19F3O7S. The highest BCUT2D eigenvalue weighted by Gasteiger charge is 2.55. The zero-order valence-electron chi connectivity index (χ0n) is 15.8. The summed E-state index contributed by atoms with van der Waals surface area (Å²) in [5, 5.41) is 0. The Bertz CT molecular complexity index is 919. The molecular weight excluding hydrogens is 417 g/mol. The van der Waals surface area contributed by atoms with Gasteiger partial charge in [0.15, 0.2) is 0 Å². The number of halogens is 3. The van der Waals surface area contributed by atoms with Crippen LogP contribution in [0.25, 0.3) is 0 Å². The maximum Gasteiger partial charge on any atom is 0.534 e. The summed E-state index contributed by atoms with van der Waals surface area (Å²) in [6, 6.07) is 7.78. The zero-order valence-corrected chi connectivity index (χ0v) is 16.6. The fourth-order valence-electron chi connectivity index (χ4n) is 2.74. The minimum absolute atomic E-state index is 0.101. The van der Waals surface area contributed by atoms with Crippen molar-refractivity contribution in [2.75, 3.05) is 6.61 Å². The molecule has 2 rings (SSSR count). The van der Waals surface area contributed by atoms with E-state index in [2.05, 4.69) is 4.18 Å². The first-order chi connectivity index (χ1) is 13.3. The molecule has 0 amide bonds. The second kappa shape index (κ2) is 8.05. The standard InChI is InChI=1S/C18H19F3O7S/c1-4-26-16(23)12-10-13(27-15(22)11-8-6-5-7-9-11)17(2,3)14(12)28-29(24,25)18(19,20)21/h5-9,13H,4,10H2,1-3H3/t13-/m0/s1. The van der Waals surface area contributed by atoms with Crippen LogP contribution < -0.4 is 0 Å². The first kappa shape index (κ1) is 22.7. The molecule has 0 aromatic heterocycles. The highest BCUT2D eigenvalue weighted by atomic mass is 32.2. The van der Waals surface area contributed by atoms with E-state index in [4.69, 9.17) is 9.47 Å². The van der Waals surface area contributed by atoms with Crippen LogP contribution in [0.4, 0.5) is 13.2 Å². The van der Waals surface area contributed by atoms with E-state index in [1.807, 2.05) is 0 Å². The van der Waals surface area contributed by atoms with Crippen LogP contribution in [0.15, 0.2) is 41.7 Å². The van der Waals surface area contributed by atoms with Crippen LogP contribution in [0.2, 0.25) is 0 Å². The fourth-order valence-corrected chi connectivity index (χ4v) is 3.37. The second-order valence-electron chi connectivity index (χ2n) is 6.70. The van der Waals surface area contributed by atoms with Gasteiger partial charge in [0.25, 0.3) is 0 Å². The van der Waals surface area contributed by atoms with Gasteiger partial charge in [-0.3, -0.25) is 0 Å². The Morgan fingerprint density at radius 3 is 2.24 bits per heavy atom. The molecule has 29 heavy (non-hydrogen) atoms. The van der Waals surface area contributed by atoms with Crippen molar-refractivity contribution in [3.63, 3.8) is 0 Å². The third-order valence-corrected chi connectivity index (χ3v) is 5.26. The van der Waals surface area contributed by atoms with Crippen molar-refractivity contribution in [3.05, 3.63) is 47.2 Å². The van der Waals surface area contributed by atoms with Crippen molar-refractivity contribution in [1.29, 1.82) is 0 Å². The summed E-state index contributed by atoms with van der Waals surface area (Å²) in [6.07, 6.45) is -1.53. The van der Waals surface area contributed by atoms with Gasteiger partial charge in [-0.05, 0) is 32.9 Å². The van der Waals surface area contributed by atoms with Gasteiger partial charge in [0, 0.05) is 6.42 Å².